The maximum Gasteiger partial charge on any atom is 0.216 e. The molecule has 0 aliphatic rings. The summed E-state index contributed by atoms with van der Waals surface area (Å²) >= 11 is 14.6. The number of methoxy groups -OCH3 is 1. The molecule has 0 spiro atoms. The number of aromatic amines is 1. The zero-order chi connectivity index (χ0) is 17.1. The Labute approximate surface area is 157 Å². The zero-order valence-electron chi connectivity index (χ0n) is 12.5. The molecule has 8 heteroatoms. The number of halogens is 2. The van der Waals surface area contributed by atoms with Crippen molar-refractivity contribution in [3.63, 3.8) is 0 Å². The summed E-state index contributed by atoms with van der Waals surface area (Å²) in [5.41, 5.74) is 1.67. The van der Waals surface area contributed by atoms with E-state index in [-0.39, 0.29) is 0 Å². The fourth-order valence-electron chi connectivity index (χ4n) is 2.11. The lowest BCUT2D eigenvalue weighted by Crippen LogP contribution is -1.96. The fourth-order valence-corrected chi connectivity index (χ4v) is 2.79. The van der Waals surface area contributed by atoms with E-state index in [1.54, 1.807) is 30.1 Å². The van der Waals surface area contributed by atoms with Crippen LogP contribution in [0.1, 0.15) is 5.56 Å². The Hall–Kier alpha value is -1.96. The van der Waals surface area contributed by atoms with Crippen LogP contribution in [-0.2, 0) is 0 Å². The van der Waals surface area contributed by atoms with Gasteiger partial charge in [0.25, 0.3) is 0 Å². The van der Waals surface area contributed by atoms with Crippen LogP contribution in [0.5, 0.6) is 5.75 Å². The van der Waals surface area contributed by atoms with Gasteiger partial charge in [-0.2, -0.15) is 14.9 Å². The van der Waals surface area contributed by atoms with Gasteiger partial charge in [0.05, 0.1) is 13.3 Å². The number of rotatable bonds is 4. The lowest BCUT2D eigenvalue weighted by Gasteiger charge is -2.05. The molecule has 1 heterocycles. The van der Waals surface area contributed by atoms with Crippen LogP contribution < -0.4 is 4.74 Å². The van der Waals surface area contributed by atoms with Crippen molar-refractivity contribution >= 4 is 46.0 Å². The van der Waals surface area contributed by atoms with E-state index >= 15 is 0 Å². The first kappa shape index (κ1) is 16.9. The van der Waals surface area contributed by atoms with Crippen LogP contribution in [0.3, 0.4) is 0 Å². The van der Waals surface area contributed by atoms with E-state index in [4.69, 9.17) is 28.6 Å². The molecule has 0 unspecified atom stereocenters. The predicted molar refractivity (Wildman–Crippen MR) is 102 cm³/mol. The molecule has 0 atom stereocenters. The first-order valence-corrected chi connectivity index (χ1v) is 8.47. The average Bonchev–Trinajstić information content (AvgIpc) is 2.94. The molecule has 0 saturated heterocycles. The van der Waals surface area contributed by atoms with Gasteiger partial charge in [-0.05, 0) is 54.7 Å². The van der Waals surface area contributed by atoms with Gasteiger partial charge in [-0.3, -0.25) is 0 Å². The van der Waals surface area contributed by atoms with Crippen molar-refractivity contribution in [2.24, 2.45) is 5.10 Å². The van der Waals surface area contributed by atoms with Gasteiger partial charge in [0.15, 0.2) is 5.82 Å². The van der Waals surface area contributed by atoms with Gasteiger partial charge < -0.3 is 4.74 Å². The van der Waals surface area contributed by atoms with Crippen LogP contribution in [-0.4, -0.2) is 28.2 Å². The Morgan fingerprint density at radius 3 is 2.75 bits per heavy atom. The number of ether oxygens (including phenoxy) is 1. The third-order valence-electron chi connectivity index (χ3n) is 3.26. The minimum Gasteiger partial charge on any atom is -0.496 e. The van der Waals surface area contributed by atoms with Gasteiger partial charge in [-0.15, -0.1) is 0 Å². The van der Waals surface area contributed by atoms with Gasteiger partial charge in [0.2, 0.25) is 4.77 Å². The Bertz CT molecular complexity index is 949. The Balaban J connectivity index is 2.02. The van der Waals surface area contributed by atoms with Crippen LogP contribution in [0.25, 0.3) is 11.4 Å². The molecular formula is C16H12BrClN4OS. The third kappa shape index (κ3) is 3.58. The molecule has 0 bridgehead atoms. The van der Waals surface area contributed by atoms with E-state index in [1.807, 2.05) is 30.3 Å². The molecule has 0 aliphatic heterocycles. The molecule has 2 aromatic carbocycles. The van der Waals surface area contributed by atoms with Crippen LogP contribution in [0, 0.1) is 4.77 Å². The molecule has 3 rings (SSSR count). The quantitative estimate of drug-likeness (QED) is 0.479. The first-order chi connectivity index (χ1) is 11.6. The van der Waals surface area contributed by atoms with E-state index in [1.165, 1.54) is 0 Å². The summed E-state index contributed by atoms with van der Waals surface area (Å²) in [6, 6.07) is 13.0. The highest BCUT2D eigenvalue weighted by Gasteiger charge is 2.08. The largest absolute Gasteiger partial charge is 0.496 e. The summed E-state index contributed by atoms with van der Waals surface area (Å²) in [7, 11) is 1.61. The average molecular weight is 424 g/mol. The number of hydrogen-bond donors (Lipinski definition) is 1. The fraction of sp³-hybridized carbons (Fsp3) is 0.0625. The molecule has 3 aromatic rings. The van der Waals surface area contributed by atoms with Gasteiger partial charge in [-0.25, -0.2) is 5.10 Å². The molecule has 0 aliphatic carbocycles. The molecular weight excluding hydrogens is 412 g/mol. The molecule has 0 amide bonds. The van der Waals surface area contributed by atoms with Crippen LogP contribution >= 0.6 is 39.7 Å². The van der Waals surface area contributed by atoms with Crippen molar-refractivity contribution in [3.8, 4) is 17.1 Å². The Kier molecular flexibility index (Phi) is 5.13. The van der Waals surface area contributed by atoms with Crippen molar-refractivity contribution in [1.29, 1.82) is 0 Å². The molecule has 122 valence electrons. The monoisotopic (exact) mass is 422 g/mol. The van der Waals surface area contributed by atoms with Crippen molar-refractivity contribution in [3.05, 3.63) is 62.3 Å². The van der Waals surface area contributed by atoms with Crippen molar-refractivity contribution in [2.75, 3.05) is 7.11 Å². The van der Waals surface area contributed by atoms with Crippen molar-refractivity contribution < 1.29 is 4.74 Å². The summed E-state index contributed by atoms with van der Waals surface area (Å²) in [6.45, 7) is 0. The molecule has 1 aromatic heterocycles. The van der Waals surface area contributed by atoms with E-state index in [0.29, 0.717) is 21.4 Å². The third-order valence-corrected chi connectivity index (χ3v) is 4.27. The number of hydrogen-bond acceptors (Lipinski definition) is 4. The standard InChI is InChI=1S/C16H12BrClN4OS/c1-23-14-7-4-12(17)8-11(14)9-19-22-15(20-21-16(22)24)10-2-5-13(18)6-3-10/h2-9H,1H3,(H,21,24). The smallest absolute Gasteiger partial charge is 0.216 e. The minimum atomic E-state index is 0.394. The second-order valence-corrected chi connectivity index (χ2v) is 6.54. The van der Waals surface area contributed by atoms with Gasteiger partial charge in [0.1, 0.15) is 5.75 Å². The molecule has 0 radical (unpaired) electrons. The maximum atomic E-state index is 5.93. The molecule has 1 N–H and O–H groups in total. The summed E-state index contributed by atoms with van der Waals surface area (Å²) in [5.74, 6) is 1.31. The first-order valence-electron chi connectivity index (χ1n) is 6.90. The summed E-state index contributed by atoms with van der Waals surface area (Å²) < 4.78 is 8.22. The number of aromatic nitrogens is 3. The predicted octanol–water partition coefficient (Wildman–Crippen LogP) is 4.91. The van der Waals surface area contributed by atoms with E-state index in [2.05, 4.69) is 31.2 Å². The normalized spacial score (nSPS) is 11.1. The van der Waals surface area contributed by atoms with E-state index < -0.39 is 0 Å². The number of H-pyrrole nitrogens is 1. The number of nitrogens with zero attached hydrogens (tertiary/aromatic N) is 3. The SMILES string of the molecule is COc1ccc(Br)cc1C=Nn1c(-c2ccc(Cl)cc2)n[nH]c1=S. The van der Waals surface area contributed by atoms with Crippen LogP contribution in [0.4, 0.5) is 0 Å². The molecule has 24 heavy (non-hydrogen) atoms. The van der Waals surface area contributed by atoms with Crippen molar-refractivity contribution in [1.82, 2.24) is 14.9 Å². The Morgan fingerprint density at radius 1 is 1.29 bits per heavy atom. The second kappa shape index (κ2) is 7.29. The lowest BCUT2D eigenvalue weighted by molar-refractivity contribution is 0.414. The van der Waals surface area contributed by atoms with E-state index in [9.17, 15) is 0 Å². The van der Waals surface area contributed by atoms with Crippen LogP contribution in [0.2, 0.25) is 5.02 Å². The highest BCUT2D eigenvalue weighted by Crippen LogP contribution is 2.23. The van der Waals surface area contributed by atoms with Gasteiger partial charge in [-0.1, -0.05) is 27.5 Å². The van der Waals surface area contributed by atoms with Crippen molar-refractivity contribution in [2.45, 2.75) is 0 Å². The molecule has 0 saturated carbocycles. The van der Waals surface area contributed by atoms with E-state index in [0.717, 1.165) is 15.6 Å². The Morgan fingerprint density at radius 2 is 2.04 bits per heavy atom. The number of benzene rings is 2. The summed E-state index contributed by atoms with van der Waals surface area (Å²) in [4.78, 5) is 0. The summed E-state index contributed by atoms with van der Waals surface area (Å²) in [5, 5.41) is 12.1. The van der Waals surface area contributed by atoms with Crippen LogP contribution in [0.15, 0.2) is 52.0 Å². The zero-order valence-corrected chi connectivity index (χ0v) is 15.7. The van der Waals surface area contributed by atoms with Gasteiger partial charge in [0, 0.05) is 20.6 Å². The highest BCUT2D eigenvalue weighted by atomic mass is 79.9. The minimum absolute atomic E-state index is 0.394. The lowest BCUT2D eigenvalue weighted by atomic mass is 10.2. The molecule has 5 nitrogen and oxygen atoms in total. The summed E-state index contributed by atoms with van der Waals surface area (Å²) in [6.07, 6.45) is 1.67. The number of nitrogens with one attached hydrogen (secondary N) is 1. The molecule has 0 fully saturated rings. The second-order valence-electron chi connectivity index (χ2n) is 4.80. The maximum absolute atomic E-state index is 5.93. The highest BCUT2D eigenvalue weighted by molar-refractivity contribution is 9.10. The topological polar surface area (TPSA) is 55.2 Å². The van der Waals surface area contributed by atoms with Gasteiger partial charge >= 0.3 is 0 Å².